The predicted molar refractivity (Wildman–Crippen MR) is 48.9 cm³/mol. The van der Waals surface area contributed by atoms with Gasteiger partial charge in [0, 0.05) is 3.57 Å². The van der Waals surface area contributed by atoms with E-state index in [2.05, 4.69) is 0 Å². The summed E-state index contributed by atoms with van der Waals surface area (Å²) in [6.45, 7) is 1.77. The maximum atomic E-state index is 12.2. The first-order valence-electron chi connectivity index (χ1n) is 3.24. The van der Waals surface area contributed by atoms with Gasteiger partial charge in [0.05, 0.1) is 5.56 Å². The van der Waals surface area contributed by atoms with Gasteiger partial charge in [0.25, 0.3) is 0 Å². The summed E-state index contributed by atoms with van der Waals surface area (Å²) in [5.74, 6) is 0. The topological polar surface area (TPSA) is 0 Å². The van der Waals surface area contributed by atoms with Gasteiger partial charge in [-0.05, 0) is 41.6 Å². The molecule has 0 nitrogen and oxygen atoms in total. The molecule has 0 aliphatic carbocycles. The molecule has 1 rings (SSSR count). The molecular formula is C8H6F3I. The van der Waals surface area contributed by atoms with E-state index in [1.54, 1.807) is 29.5 Å². The van der Waals surface area contributed by atoms with E-state index in [0.29, 0.717) is 0 Å². The molecule has 0 N–H and O–H groups in total. The summed E-state index contributed by atoms with van der Waals surface area (Å²) in [5, 5.41) is 0. The lowest BCUT2D eigenvalue weighted by Gasteiger charge is -2.08. The molecule has 0 radical (unpaired) electrons. The van der Waals surface area contributed by atoms with Gasteiger partial charge in [-0.15, -0.1) is 0 Å². The zero-order chi connectivity index (χ0) is 9.35. The molecule has 0 heterocycles. The van der Waals surface area contributed by atoms with Crippen molar-refractivity contribution >= 4 is 22.6 Å². The van der Waals surface area contributed by atoms with Crippen LogP contribution in [0, 0.1) is 10.5 Å². The predicted octanol–water partition coefficient (Wildman–Crippen LogP) is 3.62. The van der Waals surface area contributed by atoms with Crippen LogP contribution in [0.5, 0.6) is 0 Å². The minimum atomic E-state index is -4.23. The molecule has 0 bridgehead atoms. The van der Waals surface area contributed by atoms with E-state index in [9.17, 15) is 13.2 Å². The molecule has 0 fully saturated rings. The van der Waals surface area contributed by atoms with E-state index in [1.165, 1.54) is 12.1 Å². The Labute approximate surface area is 81.9 Å². The summed E-state index contributed by atoms with van der Waals surface area (Å²) in [7, 11) is 0. The first kappa shape index (κ1) is 9.83. The van der Waals surface area contributed by atoms with Crippen molar-refractivity contribution in [2.75, 3.05) is 0 Å². The summed E-state index contributed by atoms with van der Waals surface area (Å²) >= 11 is 1.69. The zero-order valence-electron chi connectivity index (χ0n) is 6.24. The fraction of sp³-hybridized carbons (Fsp3) is 0.250. The first-order valence-corrected chi connectivity index (χ1v) is 4.32. The van der Waals surface area contributed by atoms with Crippen LogP contribution in [0.15, 0.2) is 18.2 Å². The fourth-order valence-corrected chi connectivity index (χ4v) is 1.83. The van der Waals surface area contributed by atoms with Crippen molar-refractivity contribution in [2.45, 2.75) is 13.1 Å². The minimum Gasteiger partial charge on any atom is -0.166 e. The van der Waals surface area contributed by atoms with Crippen molar-refractivity contribution < 1.29 is 13.2 Å². The third kappa shape index (κ3) is 2.12. The highest BCUT2D eigenvalue weighted by Crippen LogP contribution is 2.32. The van der Waals surface area contributed by atoms with Crippen molar-refractivity contribution in [2.24, 2.45) is 0 Å². The smallest absolute Gasteiger partial charge is 0.166 e. The van der Waals surface area contributed by atoms with Crippen LogP contribution in [0.4, 0.5) is 13.2 Å². The van der Waals surface area contributed by atoms with Crippen molar-refractivity contribution in [1.82, 2.24) is 0 Å². The number of alkyl halides is 3. The van der Waals surface area contributed by atoms with Gasteiger partial charge in [0.1, 0.15) is 0 Å². The van der Waals surface area contributed by atoms with E-state index < -0.39 is 11.7 Å². The summed E-state index contributed by atoms with van der Waals surface area (Å²) in [6, 6.07) is 4.09. The van der Waals surface area contributed by atoms with Crippen LogP contribution in [0.25, 0.3) is 0 Å². The summed E-state index contributed by atoms with van der Waals surface area (Å²) in [5.41, 5.74) is 0.279. The van der Waals surface area contributed by atoms with Crippen LogP contribution in [0.1, 0.15) is 11.1 Å². The van der Waals surface area contributed by atoms with Gasteiger partial charge in [-0.3, -0.25) is 0 Å². The van der Waals surface area contributed by atoms with Crippen molar-refractivity contribution in [3.8, 4) is 0 Å². The van der Waals surface area contributed by atoms with Crippen LogP contribution in [-0.2, 0) is 6.18 Å². The Morgan fingerprint density at radius 3 is 2.25 bits per heavy atom. The van der Waals surface area contributed by atoms with Crippen LogP contribution >= 0.6 is 22.6 Å². The quantitative estimate of drug-likeness (QED) is 0.639. The lowest BCUT2D eigenvalue weighted by atomic mass is 10.1. The largest absolute Gasteiger partial charge is 0.417 e. The maximum absolute atomic E-state index is 12.2. The Kier molecular flexibility index (Phi) is 2.65. The molecule has 0 aliphatic heterocycles. The Hall–Kier alpha value is -0.260. The standard InChI is InChI=1S/C8H6F3I/c1-5-2-3-6(7(12)4-5)8(9,10)11/h2-4H,1H3. The molecular weight excluding hydrogens is 280 g/mol. The van der Waals surface area contributed by atoms with E-state index in [4.69, 9.17) is 0 Å². The molecule has 0 aliphatic rings. The van der Waals surface area contributed by atoms with Gasteiger partial charge in [-0.25, -0.2) is 0 Å². The van der Waals surface area contributed by atoms with Crippen molar-refractivity contribution in [3.63, 3.8) is 0 Å². The van der Waals surface area contributed by atoms with E-state index in [1.807, 2.05) is 0 Å². The summed E-state index contributed by atoms with van der Waals surface area (Å²) in [4.78, 5) is 0. The molecule has 4 heteroatoms. The molecule has 0 spiro atoms. The van der Waals surface area contributed by atoms with Crippen molar-refractivity contribution in [3.05, 3.63) is 32.9 Å². The Bertz CT molecular complexity index is 291. The van der Waals surface area contributed by atoms with E-state index in [-0.39, 0.29) is 3.57 Å². The van der Waals surface area contributed by atoms with Crippen LogP contribution in [0.3, 0.4) is 0 Å². The van der Waals surface area contributed by atoms with Gasteiger partial charge >= 0.3 is 6.18 Å². The number of hydrogen-bond acceptors (Lipinski definition) is 0. The highest BCUT2D eigenvalue weighted by atomic mass is 127. The minimum absolute atomic E-state index is 0.250. The molecule has 1 aromatic carbocycles. The molecule has 0 saturated carbocycles. The highest BCUT2D eigenvalue weighted by Gasteiger charge is 2.32. The number of hydrogen-bond donors (Lipinski definition) is 0. The third-order valence-corrected chi connectivity index (χ3v) is 2.32. The average Bonchev–Trinajstić information content (AvgIpc) is 1.83. The first-order chi connectivity index (χ1) is 5.41. The maximum Gasteiger partial charge on any atom is 0.417 e. The van der Waals surface area contributed by atoms with Gasteiger partial charge in [-0.1, -0.05) is 11.6 Å². The molecule has 1 aromatic rings. The molecule has 66 valence electrons. The monoisotopic (exact) mass is 286 g/mol. The van der Waals surface area contributed by atoms with Crippen LogP contribution in [-0.4, -0.2) is 0 Å². The number of halogens is 4. The molecule has 0 amide bonds. The second kappa shape index (κ2) is 3.24. The molecule has 0 atom stereocenters. The number of rotatable bonds is 0. The molecule has 0 saturated heterocycles. The second-order valence-corrected chi connectivity index (χ2v) is 3.64. The second-order valence-electron chi connectivity index (χ2n) is 2.48. The van der Waals surface area contributed by atoms with Crippen molar-refractivity contribution in [1.29, 1.82) is 0 Å². The van der Waals surface area contributed by atoms with Gasteiger partial charge < -0.3 is 0 Å². The van der Waals surface area contributed by atoms with E-state index in [0.717, 1.165) is 11.6 Å². The van der Waals surface area contributed by atoms with Gasteiger partial charge in [0.15, 0.2) is 0 Å². The third-order valence-electron chi connectivity index (χ3n) is 1.43. The lowest BCUT2D eigenvalue weighted by Crippen LogP contribution is -2.07. The van der Waals surface area contributed by atoms with Gasteiger partial charge in [-0.2, -0.15) is 13.2 Å². The van der Waals surface area contributed by atoms with Crippen LogP contribution < -0.4 is 0 Å². The Balaban J connectivity index is 3.19. The van der Waals surface area contributed by atoms with E-state index >= 15 is 0 Å². The Morgan fingerprint density at radius 1 is 1.25 bits per heavy atom. The normalized spacial score (nSPS) is 11.8. The fourth-order valence-electron chi connectivity index (χ4n) is 0.850. The summed E-state index contributed by atoms with van der Waals surface area (Å²) in [6.07, 6.45) is -4.23. The SMILES string of the molecule is Cc1ccc(C(F)(F)F)c(I)c1. The lowest BCUT2D eigenvalue weighted by molar-refractivity contribution is -0.138. The molecule has 12 heavy (non-hydrogen) atoms. The molecule has 0 aromatic heterocycles. The highest BCUT2D eigenvalue weighted by molar-refractivity contribution is 14.1. The average molecular weight is 286 g/mol. The summed E-state index contributed by atoms with van der Waals surface area (Å²) < 4.78 is 36.8. The molecule has 0 unspecified atom stereocenters. The zero-order valence-corrected chi connectivity index (χ0v) is 8.40. The van der Waals surface area contributed by atoms with Crippen LogP contribution in [0.2, 0.25) is 0 Å². The number of benzene rings is 1. The number of aryl methyl sites for hydroxylation is 1. The van der Waals surface area contributed by atoms with Gasteiger partial charge in [0.2, 0.25) is 0 Å². The Morgan fingerprint density at radius 2 is 1.83 bits per heavy atom.